The average Bonchev–Trinajstić information content (AvgIpc) is 3.53. The molecule has 0 bridgehead atoms. The largest absolute Gasteiger partial charge is 0.453 e. The van der Waals surface area contributed by atoms with Crippen LogP contribution in [0.2, 0.25) is 10.0 Å². The van der Waals surface area contributed by atoms with Gasteiger partial charge in [0.2, 0.25) is 5.82 Å². The number of Topliss-reactive ketones (excluding diaryl/α,β-unsaturated/α-hetero) is 1. The summed E-state index contributed by atoms with van der Waals surface area (Å²) >= 11 is 12.5. The predicted molar refractivity (Wildman–Crippen MR) is 142 cm³/mol. The molecule has 0 saturated carbocycles. The van der Waals surface area contributed by atoms with E-state index in [4.69, 9.17) is 27.9 Å². The number of carbonyl (C=O) groups excluding carboxylic acids is 2. The summed E-state index contributed by atoms with van der Waals surface area (Å²) in [6.07, 6.45) is -9.60. The van der Waals surface area contributed by atoms with E-state index < -0.39 is 48.7 Å². The van der Waals surface area contributed by atoms with Crippen LogP contribution in [0.3, 0.4) is 0 Å². The molecule has 1 saturated heterocycles. The average molecular weight is 662 g/mol. The van der Waals surface area contributed by atoms with Gasteiger partial charge in [-0.25, -0.2) is 14.3 Å². The second-order valence-electron chi connectivity index (χ2n) is 9.71. The summed E-state index contributed by atoms with van der Waals surface area (Å²) in [5.41, 5.74) is 0.423. The van der Waals surface area contributed by atoms with Gasteiger partial charge in [-0.1, -0.05) is 23.2 Å². The molecule has 4 heterocycles. The molecule has 1 fully saturated rings. The van der Waals surface area contributed by atoms with Crippen LogP contribution in [0.5, 0.6) is 0 Å². The molecule has 1 aromatic carbocycles. The van der Waals surface area contributed by atoms with Gasteiger partial charge in [0.1, 0.15) is 5.69 Å². The zero-order valence-corrected chi connectivity index (χ0v) is 23.8. The van der Waals surface area contributed by atoms with Crippen LogP contribution in [0.25, 0.3) is 5.82 Å². The fourth-order valence-electron chi connectivity index (χ4n) is 4.38. The van der Waals surface area contributed by atoms with Crippen LogP contribution in [0.1, 0.15) is 49.3 Å². The molecule has 0 radical (unpaired) electrons. The van der Waals surface area contributed by atoms with E-state index in [1.54, 1.807) is 13.0 Å². The van der Waals surface area contributed by atoms with Crippen LogP contribution in [0, 0.1) is 6.92 Å². The van der Waals surface area contributed by atoms with Crippen LogP contribution in [-0.2, 0) is 30.1 Å². The number of nitrogens with zero attached hydrogens (tertiary/aromatic N) is 6. The fraction of sp³-hybridized carbons (Fsp3) is 0.308. The second-order valence-corrected chi connectivity index (χ2v) is 10.6. The molecular formula is C26H19Cl2F6N7O3. The van der Waals surface area contributed by atoms with E-state index in [9.17, 15) is 35.9 Å². The Bertz CT molecular complexity index is 1750. The molecule has 1 N–H and O–H groups in total. The molecule has 232 valence electrons. The van der Waals surface area contributed by atoms with Gasteiger partial charge in [0.05, 0.1) is 36.5 Å². The first-order chi connectivity index (χ1) is 20.6. The molecule has 0 aliphatic carbocycles. The summed E-state index contributed by atoms with van der Waals surface area (Å²) in [6, 6.07) is 6.70. The molecule has 0 atom stereocenters. The number of aryl methyl sites for hydroxylation is 1. The van der Waals surface area contributed by atoms with E-state index in [2.05, 4.69) is 25.5 Å². The molecule has 3 aromatic heterocycles. The number of hydrogen-bond donors (Lipinski definition) is 1. The van der Waals surface area contributed by atoms with Gasteiger partial charge < -0.3 is 10.1 Å². The monoisotopic (exact) mass is 661 g/mol. The van der Waals surface area contributed by atoms with Gasteiger partial charge in [0.15, 0.2) is 11.6 Å². The maximum absolute atomic E-state index is 13.8. The molecule has 1 amide bonds. The van der Waals surface area contributed by atoms with Gasteiger partial charge in [-0.3, -0.25) is 9.59 Å². The maximum atomic E-state index is 13.8. The van der Waals surface area contributed by atoms with E-state index in [-0.39, 0.29) is 43.5 Å². The molecule has 18 heteroatoms. The minimum absolute atomic E-state index is 0.000266. The van der Waals surface area contributed by atoms with Gasteiger partial charge >= 0.3 is 12.4 Å². The molecule has 1 aliphatic rings. The second kappa shape index (κ2) is 11.8. The number of alkyl halides is 6. The Morgan fingerprint density at radius 1 is 1.07 bits per heavy atom. The summed E-state index contributed by atoms with van der Waals surface area (Å²) in [4.78, 5) is 33.5. The van der Waals surface area contributed by atoms with E-state index in [0.29, 0.717) is 24.3 Å². The van der Waals surface area contributed by atoms with Crippen molar-refractivity contribution in [3.05, 3.63) is 86.3 Å². The standard InChI is InChI=1S/C26H19Cl2F6N7O3/c1-12-5-13(27)6-17(22(43)36-15-10-44-11-15)16(12)8-20(42)19-7-14(38-41(19)21-18(28)3-2-4-35-21)9-40-24(26(32,33)34)37-23(39-40)25(29,30)31/h2-7,15H,8-11H2,1H3,(H,36,43). The van der Waals surface area contributed by atoms with E-state index >= 15 is 0 Å². The molecule has 4 aromatic rings. The molecule has 5 rings (SSSR count). The highest BCUT2D eigenvalue weighted by Crippen LogP contribution is 2.33. The van der Waals surface area contributed by atoms with Crippen molar-refractivity contribution in [2.24, 2.45) is 0 Å². The molecule has 1 aliphatic heterocycles. The van der Waals surface area contributed by atoms with Gasteiger partial charge in [0.25, 0.3) is 11.7 Å². The number of hydrogen-bond acceptors (Lipinski definition) is 7. The molecular weight excluding hydrogens is 643 g/mol. The number of rotatable bonds is 8. The lowest BCUT2D eigenvalue weighted by Crippen LogP contribution is -2.48. The Labute approximate surface area is 253 Å². The molecule has 0 spiro atoms. The zero-order chi connectivity index (χ0) is 32.0. The Morgan fingerprint density at radius 3 is 2.41 bits per heavy atom. The van der Waals surface area contributed by atoms with E-state index in [0.717, 1.165) is 10.7 Å². The van der Waals surface area contributed by atoms with Gasteiger partial charge in [-0.05, 0) is 48.4 Å². The summed E-state index contributed by atoms with van der Waals surface area (Å²) < 4.78 is 86.2. The summed E-state index contributed by atoms with van der Waals surface area (Å²) in [5.74, 6) is -5.15. The molecule has 10 nitrogen and oxygen atoms in total. The van der Waals surface area contributed by atoms with Gasteiger partial charge in [-0.2, -0.15) is 36.4 Å². The van der Waals surface area contributed by atoms with Crippen molar-refractivity contribution in [2.75, 3.05) is 13.2 Å². The third-order valence-electron chi connectivity index (χ3n) is 6.47. The van der Waals surface area contributed by atoms with Crippen LogP contribution >= 0.6 is 23.2 Å². The first-order valence-electron chi connectivity index (χ1n) is 12.6. The Balaban J connectivity index is 1.55. The Hall–Kier alpha value is -4.02. The van der Waals surface area contributed by atoms with E-state index in [1.807, 2.05) is 0 Å². The maximum Gasteiger partial charge on any atom is 0.453 e. The van der Waals surface area contributed by atoms with Crippen LogP contribution in [0.15, 0.2) is 36.5 Å². The number of amides is 1. The van der Waals surface area contributed by atoms with Crippen molar-refractivity contribution in [1.82, 2.24) is 34.8 Å². The SMILES string of the molecule is Cc1cc(Cl)cc(C(=O)NC2COC2)c1CC(=O)c1cc(Cn2nc(C(F)(F)F)nc2C(F)(F)F)nn1-c1ncccc1Cl. The van der Waals surface area contributed by atoms with Crippen molar-refractivity contribution < 1.29 is 40.7 Å². The summed E-state index contributed by atoms with van der Waals surface area (Å²) in [7, 11) is 0. The number of nitrogens with one attached hydrogen (secondary N) is 1. The minimum atomic E-state index is -5.28. The number of ketones is 1. The van der Waals surface area contributed by atoms with Gasteiger partial charge in [-0.15, -0.1) is 5.10 Å². The first kappa shape index (κ1) is 31.4. The third-order valence-corrected chi connectivity index (χ3v) is 6.98. The summed E-state index contributed by atoms with van der Waals surface area (Å²) in [5, 5.41) is 10.2. The van der Waals surface area contributed by atoms with Crippen molar-refractivity contribution in [3.63, 3.8) is 0 Å². The molecule has 0 unspecified atom stereocenters. The number of pyridine rings is 1. The van der Waals surface area contributed by atoms with Crippen LogP contribution in [0.4, 0.5) is 26.3 Å². The lowest BCUT2D eigenvalue weighted by Gasteiger charge is -2.27. The number of benzene rings is 1. The van der Waals surface area contributed by atoms with Crippen LogP contribution in [-0.4, -0.2) is 60.5 Å². The van der Waals surface area contributed by atoms with Gasteiger partial charge in [0, 0.05) is 23.2 Å². The highest BCUT2D eigenvalue weighted by Gasteiger charge is 2.44. The summed E-state index contributed by atoms with van der Waals surface area (Å²) in [6.45, 7) is 1.34. The highest BCUT2D eigenvalue weighted by molar-refractivity contribution is 6.32. The number of halogens is 8. The highest BCUT2D eigenvalue weighted by atomic mass is 35.5. The number of carbonyl (C=O) groups is 2. The smallest absolute Gasteiger partial charge is 0.377 e. The van der Waals surface area contributed by atoms with E-state index in [1.165, 1.54) is 24.4 Å². The van der Waals surface area contributed by atoms with Crippen molar-refractivity contribution >= 4 is 34.9 Å². The Kier molecular flexibility index (Phi) is 8.43. The first-order valence-corrected chi connectivity index (χ1v) is 13.4. The number of aromatic nitrogens is 6. The Morgan fingerprint density at radius 2 is 1.80 bits per heavy atom. The number of ether oxygens (including phenoxy) is 1. The lowest BCUT2D eigenvalue weighted by molar-refractivity contribution is -0.150. The minimum Gasteiger partial charge on any atom is -0.377 e. The molecule has 44 heavy (non-hydrogen) atoms. The quantitative estimate of drug-likeness (QED) is 0.206. The third kappa shape index (κ3) is 6.56. The van der Waals surface area contributed by atoms with Crippen molar-refractivity contribution in [2.45, 2.75) is 38.3 Å². The fourth-order valence-corrected chi connectivity index (χ4v) is 4.85. The van der Waals surface area contributed by atoms with Crippen molar-refractivity contribution in [1.29, 1.82) is 0 Å². The zero-order valence-electron chi connectivity index (χ0n) is 22.3. The van der Waals surface area contributed by atoms with Crippen molar-refractivity contribution in [3.8, 4) is 5.82 Å². The normalized spacial score (nSPS) is 14.0. The lowest BCUT2D eigenvalue weighted by atomic mass is 9.95. The predicted octanol–water partition coefficient (Wildman–Crippen LogP) is 5.11. The topological polar surface area (TPSA) is 117 Å². The van der Waals surface area contributed by atoms with Crippen LogP contribution < -0.4 is 5.32 Å².